The lowest BCUT2D eigenvalue weighted by atomic mass is 10.2. The van der Waals surface area contributed by atoms with Crippen molar-refractivity contribution in [1.29, 1.82) is 0 Å². The number of benzene rings is 1. The summed E-state index contributed by atoms with van der Waals surface area (Å²) < 4.78 is 11.0. The van der Waals surface area contributed by atoms with E-state index in [9.17, 15) is 0 Å². The predicted octanol–water partition coefficient (Wildman–Crippen LogP) is 3.60. The molecule has 1 N–H and O–H groups in total. The maximum Gasteiger partial charge on any atom is 0.119 e. The fraction of sp³-hybridized carbons (Fsp3) is 0.375. The van der Waals surface area contributed by atoms with Crippen LogP contribution >= 0.6 is 0 Å². The van der Waals surface area contributed by atoms with Crippen molar-refractivity contribution >= 4 is 0 Å². The fourth-order valence-corrected chi connectivity index (χ4v) is 1.75. The quantitative estimate of drug-likeness (QED) is 0.825. The van der Waals surface area contributed by atoms with Gasteiger partial charge in [0.05, 0.1) is 19.4 Å². The average molecular weight is 259 g/mol. The molecule has 0 radical (unpaired) electrons. The predicted molar refractivity (Wildman–Crippen MR) is 76.0 cm³/mol. The molecule has 0 bridgehead atoms. The van der Waals surface area contributed by atoms with Gasteiger partial charge in [-0.05, 0) is 35.7 Å². The van der Waals surface area contributed by atoms with Gasteiger partial charge in [0.15, 0.2) is 0 Å². The number of hydrogen-bond donors (Lipinski definition) is 1. The molecule has 0 saturated heterocycles. The number of ether oxygens (including phenoxy) is 1. The van der Waals surface area contributed by atoms with Gasteiger partial charge in [-0.25, -0.2) is 0 Å². The van der Waals surface area contributed by atoms with Gasteiger partial charge in [0.1, 0.15) is 11.5 Å². The molecule has 0 aliphatic heterocycles. The second-order valence-electron chi connectivity index (χ2n) is 5.04. The van der Waals surface area contributed by atoms with Crippen LogP contribution in [-0.2, 0) is 13.1 Å². The number of rotatable bonds is 7. The van der Waals surface area contributed by atoms with Crippen LogP contribution in [-0.4, -0.2) is 6.61 Å². The van der Waals surface area contributed by atoms with E-state index in [-0.39, 0.29) is 0 Å². The normalized spacial score (nSPS) is 10.9. The Morgan fingerprint density at radius 1 is 1.16 bits per heavy atom. The van der Waals surface area contributed by atoms with Crippen molar-refractivity contribution in [2.24, 2.45) is 5.92 Å². The van der Waals surface area contributed by atoms with Gasteiger partial charge in [-0.1, -0.05) is 26.0 Å². The van der Waals surface area contributed by atoms with Crippen LogP contribution in [0.4, 0.5) is 0 Å². The molecule has 0 aliphatic rings. The summed E-state index contributed by atoms with van der Waals surface area (Å²) in [6.07, 6.45) is 1.69. The average Bonchev–Trinajstić information content (AvgIpc) is 2.90. The van der Waals surface area contributed by atoms with Gasteiger partial charge < -0.3 is 14.5 Å². The van der Waals surface area contributed by atoms with Crippen LogP contribution in [0.3, 0.4) is 0 Å². The van der Waals surface area contributed by atoms with Gasteiger partial charge in [-0.3, -0.25) is 0 Å². The van der Waals surface area contributed by atoms with Gasteiger partial charge in [0.2, 0.25) is 0 Å². The minimum Gasteiger partial charge on any atom is -0.493 e. The van der Waals surface area contributed by atoms with E-state index in [1.54, 1.807) is 6.26 Å². The Kier molecular flexibility index (Phi) is 5.04. The second-order valence-corrected chi connectivity index (χ2v) is 5.04. The Hall–Kier alpha value is -1.74. The maximum atomic E-state index is 5.71. The molecule has 1 aromatic heterocycles. The number of hydrogen-bond acceptors (Lipinski definition) is 3. The standard InChI is InChI=1S/C16H21NO2/c1-13(2)12-19-15-6-3-5-14(9-15)10-17-11-16-7-4-8-18-16/h3-9,13,17H,10-12H2,1-2H3. The van der Waals surface area contributed by atoms with Gasteiger partial charge in [0.25, 0.3) is 0 Å². The Bertz CT molecular complexity index is 477. The molecule has 3 heteroatoms. The minimum absolute atomic E-state index is 0.542. The first kappa shape index (κ1) is 13.7. The topological polar surface area (TPSA) is 34.4 Å². The van der Waals surface area contributed by atoms with Crippen LogP contribution in [0.25, 0.3) is 0 Å². The highest BCUT2D eigenvalue weighted by molar-refractivity contribution is 5.28. The molecule has 0 amide bonds. The fourth-order valence-electron chi connectivity index (χ4n) is 1.75. The zero-order chi connectivity index (χ0) is 13.5. The summed E-state index contributed by atoms with van der Waals surface area (Å²) in [6, 6.07) is 12.1. The molecule has 19 heavy (non-hydrogen) atoms. The van der Waals surface area contributed by atoms with E-state index >= 15 is 0 Å². The van der Waals surface area contributed by atoms with Crippen molar-refractivity contribution in [3.63, 3.8) is 0 Å². The monoisotopic (exact) mass is 259 g/mol. The molecule has 0 atom stereocenters. The molecule has 0 aliphatic carbocycles. The van der Waals surface area contributed by atoms with Gasteiger partial charge in [0, 0.05) is 6.54 Å². The highest BCUT2D eigenvalue weighted by Crippen LogP contribution is 2.14. The number of furan rings is 1. The highest BCUT2D eigenvalue weighted by atomic mass is 16.5. The van der Waals surface area contributed by atoms with Crippen LogP contribution in [0.1, 0.15) is 25.2 Å². The van der Waals surface area contributed by atoms with Crippen LogP contribution in [0.15, 0.2) is 47.1 Å². The van der Waals surface area contributed by atoms with Crippen molar-refractivity contribution in [1.82, 2.24) is 5.32 Å². The van der Waals surface area contributed by atoms with Crippen molar-refractivity contribution in [3.05, 3.63) is 54.0 Å². The minimum atomic E-state index is 0.542. The van der Waals surface area contributed by atoms with E-state index in [0.717, 1.165) is 31.2 Å². The van der Waals surface area contributed by atoms with Crippen molar-refractivity contribution < 1.29 is 9.15 Å². The maximum absolute atomic E-state index is 5.71. The summed E-state index contributed by atoms with van der Waals surface area (Å²) in [5, 5.41) is 3.35. The second kappa shape index (κ2) is 7.00. The summed E-state index contributed by atoms with van der Waals surface area (Å²) in [5.74, 6) is 2.43. The Morgan fingerprint density at radius 3 is 2.79 bits per heavy atom. The zero-order valence-electron chi connectivity index (χ0n) is 11.6. The van der Waals surface area contributed by atoms with E-state index in [0.29, 0.717) is 5.92 Å². The van der Waals surface area contributed by atoms with Crippen molar-refractivity contribution in [2.75, 3.05) is 6.61 Å². The van der Waals surface area contributed by atoms with Crippen molar-refractivity contribution in [3.8, 4) is 5.75 Å². The zero-order valence-corrected chi connectivity index (χ0v) is 11.6. The summed E-state index contributed by atoms with van der Waals surface area (Å²) in [5.41, 5.74) is 1.22. The molecule has 3 nitrogen and oxygen atoms in total. The number of nitrogens with one attached hydrogen (secondary N) is 1. The van der Waals surface area contributed by atoms with E-state index in [4.69, 9.17) is 9.15 Å². The van der Waals surface area contributed by atoms with Crippen molar-refractivity contribution in [2.45, 2.75) is 26.9 Å². The molecule has 0 unspecified atom stereocenters. The molecule has 1 heterocycles. The lowest BCUT2D eigenvalue weighted by Crippen LogP contribution is -2.12. The molecule has 0 fully saturated rings. The van der Waals surface area contributed by atoms with E-state index in [2.05, 4.69) is 31.3 Å². The highest BCUT2D eigenvalue weighted by Gasteiger charge is 2.00. The largest absolute Gasteiger partial charge is 0.493 e. The van der Waals surface area contributed by atoms with Gasteiger partial charge >= 0.3 is 0 Å². The molecule has 0 spiro atoms. The van der Waals surface area contributed by atoms with Crippen LogP contribution < -0.4 is 10.1 Å². The Balaban J connectivity index is 1.81. The Morgan fingerprint density at radius 2 is 2.05 bits per heavy atom. The third-order valence-corrected chi connectivity index (χ3v) is 2.69. The van der Waals surface area contributed by atoms with Gasteiger partial charge in [-0.15, -0.1) is 0 Å². The molecule has 1 aromatic carbocycles. The smallest absolute Gasteiger partial charge is 0.119 e. The first-order valence-corrected chi connectivity index (χ1v) is 6.69. The molecular weight excluding hydrogens is 238 g/mol. The molecular formula is C16H21NO2. The molecule has 102 valence electrons. The lowest BCUT2D eigenvalue weighted by molar-refractivity contribution is 0.271. The summed E-state index contributed by atoms with van der Waals surface area (Å²) in [7, 11) is 0. The third kappa shape index (κ3) is 4.79. The first-order chi connectivity index (χ1) is 9.24. The summed E-state index contributed by atoms with van der Waals surface area (Å²) in [4.78, 5) is 0. The summed E-state index contributed by atoms with van der Waals surface area (Å²) in [6.45, 7) is 6.59. The Labute approximate surface area is 114 Å². The van der Waals surface area contributed by atoms with E-state index in [1.807, 2.05) is 24.3 Å². The molecule has 2 rings (SSSR count). The van der Waals surface area contributed by atoms with E-state index in [1.165, 1.54) is 5.56 Å². The molecule has 0 saturated carbocycles. The van der Waals surface area contributed by atoms with E-state index < -0.39 is 0 Å². The lowest BCUT2D eigenvalue weighted by Gasteiger charge is -2.10. The molecule has 2 aromatic rings. The van der Waals surface area contributed by atoms with Crippen LogP contribution in [0.2, 0.25) is 0 Å². The first-order valence-electron chi connectivity index (χ1n) is 6.69. The summed E-state index contributed by atoms with van der Waals surface area (Å²) >= 11 is 0. The van der Waals surface area contributed by atoms with Crippen LogP contribution in [0, 0.1) is 5.92 Å². The SMILES string of the molecule is CC(C)COc1cccc(CNCc2ccco2)c1. The van der Waals surface area contributed by atoms with Gasteiger partial charge in [-0.2, -0.15) is 0 Å². The third-order valence-electron chi connectivity index (χ3n) is 2.69. The van der Waals surface area contributed by atoms with Crippen LogP contribution in [0.5, 0.6) is 5.75 Å².